The summed E-state index contributed by atoms with van der Waals surface area (Å²) in [5, 5.41) is 0. The molecule has 3 amide bonds. The predicted molar refractivity (Wildman–Crippen MR) is 118 cm³/mol. The van der Waals surface area contributed by atoms with Crippen LogP contribution in [0.25, 0.3) is 0 Å². The highest BCUT2D eigenvalue weighted by Gasteiger charge is 2.46. The summed E-state index contributed by atoms with van der Waals surface area (Å²) in [6, 6.07) is 13.0. The van der Waals surface area contributed by atoms with E-state index in [1.807, 2.05) is 49.4 Å². The van der Waals surface area contributed by atoms with Crippen LogP contribution in [0.5, 0.6) is 11.5 Å². The van der Waals surface area contributed by atoms with Crippen LogP contribution in [0, 0.1) is 6.92 Å². The van der Waals surface area contributed by atoms with Crippen LogP contribution < -0.4 is 19.3 Å². The lowest BCUT2D eigenvalue weighted by molar-refractivity contribution is -0.925. The molecule has 4 rings (SSSR count). The summed E-state index contributed by atoms with van der Waals surface area (Å²) in [5.41, 5.74) is 2.95. The number of nitrogens with one attached hydrogen (secondary N) is 1. The SMILES string of the molecule is COc1ccc([C@H]2CCC[NH+]2CN2C(=O)[C@H](C)N(c3ccc(C)cc3)C2=O)c(OC)c1. The van der Waals surface area contributed by atoms with E-state index in [1.165, 1.54) is 9.80 Å². The maximum atomic E-state index is 13.2. The van der Waals surface area contributed by atoms with Gasteiger partial charge in [-0.2, -0.15) is 0 Å². The summed E-state index contributed by atoms with van der Waals surface area (Å²) in [4.78, 5) is 30.4. The lowest BCUT2D eigenvalue weighted by Crippen LogP contribution is -3.12. The molecule has 2 fully saturated rings. The van der Waals surface area contributed by atoms with E-state index >= 15 is 0 Å². The molecule has 0 aliphatic carbocycles. The first-order chi connectivity index (χ1) is 14.9. The van der Waals surface area contributed by atoms with Crippen LogP contribution >= 0.6 is 0 Å². The van der Waals surface area contributed by atoms with Crippen molar-refractivity contribution in [1.82, 2.24) is 4.90 Å². The number of carbonyl (C=O) groups excluding carboxylic acids is 2. The zero-order valence-electron chi connectivity index (χ0n) is 18.6. The first-order valence-corrected chi connectivity index (χ1v) is 10.7. The Hall–Kier alpha value is -3.06. The van der Waals surface area contributed by atoms with Crippen molar-refractivity contribution in [3.8, 4) is 11.5 Å². The highest BCUT2D eigenvalue weighted by atomic mass is 16.5. The van der Waals surface area contributed by atoms with E-state index in [-0.39, 0.29) is 18.0 Å². The van der Waals surface area contributed by atoms with Crippen LogP contribution in [-0.4, -0.2) is 50.3 Å². The number of nitrogens with zero attached hydrogens (tertiary/aromatic N) is 2. The summed E-state index contributed by atoms with van der Waals surface area (Å²) in [5.74, 6) is 1.37. The number of anilines is 1. The first-order valence-electron chi connectivity index (χ1n) is 10.7. The second kappa shape index (κ2) is 8.59. The van der Waals surface area contributed by atoms with E-state index in [0.717, 1.165) is 47.7 Å². The number of hydrogen-bond acceptors (Lipinski definition) is 4. The number of amides is 3. The predicted octanol–water partition coefficient (Wildman–Crippen LogP) is 2.55. The van der Waals surface area contributed by atoms with E-state index in [4.69, 9.17) is 9.47 Å². The van der Waals surface area contributed by atoms with Crippen LogP contribution in [0.4, 0.5) is 10.5 Å². The van der Waals surface area contributed by atoms with Gasteiger partial charge in [-0.15, -0.1) is 0 Å². The Morgan fingerprint density at radius 2 is 1.81 bits per heavy atom. The number of likely N-dealkylation sites (tertiary alicyclic amines) is 1. The van der Waals surface area contributed by atoms with Crippen LogP contribution in [0.3, 0.4) is 0 Å². The normalized spacial score (nSPS) is 23.5. The zero-order chi connectivity index (χ0) is 22.1. The van der Waals surface area contributed by atoms with Gasteiger partial charge in [0.15, 0.2) is 6.67 Å². The fourth-order valence-corrected chi connectivity index (χ4v) is 4.70. The molecule has 0 bridgehead atoms. The minimum atomic E-state index is -0.508. The lowest BCUT2D eigenvalue weighted by atomic mass is 10.0. The largest absolute Gasteiger partial charge is 0.497 e. The molecule has 7 nitrogen and oxygen atoms in total. The van der Waals surface area contributed by atoms with Crippen molar-refractivity contribution in [2.75, 3.05) is 32.3 Å². The number of rotatable bonds is 6. The smallest absolute Gasteiger partial charge is 0.336 e. The quantitative estimate of drug-likeness (QED) is 0.724. The van der Waals surface area contributed by atoms with Crippen molar-refractivity contribution in [3.05, 3.63) is 53.6 Å². The number of hydrogen-bond donors (Lipinski definition) is 1. The van der Waals surface area contributed by atoms with Crippen molar-refractivity contribution in [3.63, 3.8) is 0 Å². The maximum absolute atomic E-state index is 13.2. The molecule has 2 saturated heterocycles. The molecule has 1 unspecified atom stereocenters. The first kappa shape index (κ1) is 21.2. The van der Waals surface area contributed by atoms with Crippen molar-refractivity contribution in [2.45, 2.75) is 38.8 Å². The Morgan fingerprint density at radius 1 is 1.06 bits per heavy atom. The van der Waals surface area contributed by atoms with Gasteiger partial charge >= 0.3 is 6.03 Å². The minimum absolute atomic E-state index is 0.148. The number of urea groups is 1. The molecule has 2 aromatic rings. The average Bonchev–Trinajstić information content (AvgIpc) is 3.32. The van der Waals surface area contributed by atoms with Crippen LogP contribution in [0.15, 0.2) is 42.5 Å². The number of carbonyl (C=O) groups is 2. The van der Waals surface area contributed by atoms with Gasteiger partial charge in [0.25, 0.3) is 5.91 Å². The van der Waals surface area contributed by atoms with Gasteiger partial charge in [-0.3, -0.25) is 9.69 Å². The van der Waals surface area contributed by atoms with E-state index in [9.17, 15) is 9.59 Å². The Kier molecular flexibility index (Phi) is 5.87. The zero-order valence-corrected chi connectivity index (χ0v) is 18.6. The van der Waals surface area contributed by atoms with E-state index in [2.05, 4.69) is 0 Å². The number of imide groups is 1. The van der Waals surface area contributed by atoms with Crippen molar-refractivity contribution in [2.24, 2.45) is 0 Å². The molecular weight excluding hydrogens is 394 g/mol. The molecule has 3 atom stereocenters. The van der Waals surface area contributed by atoms with Crippen molar-refractivity contribution >= 4 is 17.6 Å². The standard InChI is InChI=1S/C24H29N3O4/c1-16-7-9-18(10-8-16)27-17(2)23(28)26(24(27)29)15-25-13-5-6-21(25)20-12-11-19(30-3)14-22(20)31-4/h7-12,14,17,21H,5-6,13,15H2,1-4H3/p+1/t17-,21+/m0/s1. The molecule has 2 aromatic carbocycles. The van der Waals surface area contributed by atoms with Gasteiger partial charge in [0, 0.05) is 24.6 Å². The second-order valence-electron chi connectivity index (χ2n) is 8.30. The summed E-state index contributed by atoms with van der Waals surface area (Å²) in [6.45, 7) is 5.05. The molecule has 164 valence electrons. The fourth-order valence-electron chi connectivity index (χ4n) is 4.70. The van der Waals surface area contributed by atoms with Crippen molar-refractivity contribution < 1.29 is 24.0 Å². The van der Waals surface area contributed by atoms with Gasteiger partial charge in [-0.1, -0.05) is 17.7 Å². The monoisotopic (exact) mass is 424 g/mol. The number of methoxy groups -OCH3 is 2. The number of quaternary nitrogens is 1. The Bertz CT molecular complexity index is 975. The lowest BCUT2D eigenvalue weighted by Gasteiger charge is -2.26. The summed E-state index contributed by atoms with van der Waals surface area (Å²) < 4.78 is 10.9. The molecule has 0 saturated carbocycles. The van der Waals surface area contributed by atoms with Crippen LogP contribution in [0.2, 0.25) is 0 Å². The maximum Gasteiger partial charge on any atom is 0.336 e. The highest BCUT2D eigenvalue weighted by Crippen LogP contribution is 2.32. The van der Waals surface area contributed by atoms with Gasteiger partial charge in [0.1, 0.15) is 23.6 Å². The summed E-state index contributed by atoms with van der Waals surface area (Å²) in [7, 11) is 3.29. The Labute approximate surface area is 183 Å². The van der Waals surface area contributed by atoms with Gasteiger partial charge in [0.2, 0.25) is 0 Å². The van der Waals surface area contributed by atoms with Crippen molar-refractivity contribution in [1.29, 1.82) is 0 Å². The van der Waals surface area contributed by atoms with Gasteiger partial charge in [-0.05, 0) is 38.1 Å². The Balaban J connectivity index is 1.56. The van der Waals surface area contributed by atoms with Gasteiger partial charge in [0.05, 0.1) is 26.3 Å². The molecular formula is C24H30N3O4+. The molecule has 0 spiro atoms. The molecule has 31 heavy (non-hydrogen) atoms. The molecule has 2 aliphatic rings. The van der Waals surface area contributed by atoms with Gasteiger partial charge in [-0.25, -0.2) is 9.69 Å². The molecule has 2 heterocycles. The molecule has 1 N–H and O–H groups in total. The summed E-state index contributed by atoms with van der Waals surface area (Å²) in [6.07, 6.45) is 2.01. The third-order valence-electron chi connectivity index (χ3n) is 6.42. The van der Waals surface area contributed by atoms with Crippen LogP contribution in [-0.2, 0) is 4.79 Å². The highest BCUT2D eigenvalue weighted by molar-refractivity contribution is 6.13. The second-order valence-corrected chi connectivity index (χ2v) is 8.30. The minimum Gasteiger partial charge on any atom is -0.497 e. The number of aryl methyl sites for hydroxylation is 1. The van der Waals surface area contributed by atoms with E-state index < -0.39 is 6.04 Å². The summed E-state index contributed by atoms with van der Waals surface area (Å²) >= 11 is 0. The topological polar surface area (TPSA) is 63.5 Å². The molecule has 7 heteroatoms. The molecule has 0 aromatic heterocycles. The van der Waals surface area contributed by atoms with Crippen LogP contribution in [0.1, 0.15) is 36.9 Å². The Morgan fingerprint density at radius 3 is 2.48 bits per heavy atom. The van der Waals surface area contributed by atoms with E-state index in [1.54, 1.807) is 26.0 Å². The number of benzene rings is 2. The third-order valence-corrected chi connectivity index (χ3v) is 6.42. The average molecular weight is 425 g/mol. The van der Waals surface area contributed by atoms with E-state index in [0.29, 0.717) is 6.67 Å². The molecule has 0 radical (unpaired) electrons. The van der Waals surface area contributed by atoms with Gasteiger partial charge < -0.3 is 14.4 Å². The number of ether oxygens (including phenoxy) is 2. The fraction of sp³-hybridized carbons (Fsp3) is 0.417. The molecule has 2 aliphatic heterocycles. The third kappa shape index (κ3) is 3.85.